The Morgan fingerprint density at radius 1 is 1.03 bits per heavy atom. The summed E-state index contributed by atoms with van der Waals surface area (Å²) in [6, 6.07) is 21.0. The van der Waals surface area contributed by atoms with Crippen molar-refractivity contribution < 1.29 is 9.18 Å². The molecule has 5 rings (SSSR count). The van der Waals surface area contributed by atoms with Crippen LogP contribution in [0.4, 0.5) is 10.1 Å². The molecule has 3 nitrogen and oxygen atoms in total. The highest BCUT2D eigenvalue weighted by atomic mass is 35.5. The molecule has 37 heavy (non-hydrogen) atoms. The zero-order chi connectivity index (χ0) is 25.9. The molecule has 1 aliphatic rings. The molecule has 1 N–H and O–H groups in total. The van der Waals surface area contributed by atoms with E-state index in [9.17, 15) is 4.79 Å². The monoisotopic (exact) mass is 534 g/mol. The topological polar surface area (TPSA) is 32.3 Å². The van der Waals surface area contributed by atoms with E-state index >= 15 is 4.39 Å². The molecule has 6 heteroatoms. The summed E-state index contributed by atoms with van der Waals surface area (Å²) in [5, 5.41) is 4.50. The number of nitrogens with one attached hydrogen (secondary N) is 1. The van der Waals surface area contributed by atoms with E-state index < -0.39 is 0 Å². The second-order valence-electron chi connectivity index (χ2n) is 10.2. The lowest BCUT2D eigenvalue weighted by molar-refractivity contribution is 0.0695. The van der Waals surface area contributed by atoms with Crippen LogP contribution in [0.25, 0.3) is 21.2 Å². The van der Waals surface area contributed by atoms with Gasteiger partial charge in [0.15, 0.2) is 0 Å². The van der Waals surface area contributed by atoms with Crippen molar-refractivity contribution in [3.8, 4) is 11.1 Å². The van der Waals surface area contributed by atoms with Gasteiger partial charge in [-0.15, -0.1) is 11.3 Å². The largest absolute Gasteiger partial charge is 0.388 e. The van der Waals surface area contributed by atoms with Crippen LogP contribution in [0.2, 0.25) is 5.02 Å². The minimum Gasteiger partial charge on any atom is -0.388 e. The first-order chi connectivity index (χ1) is 17.9. The van der Waals surface area contributed by atoms with Gasteiger partial charge in [-0.05, 0) is 66.1 Å². The molecule has 192 valence electrons. The van der Waals surface area contributed by atoms with E-state index in [2.05, 4.69) is 12.2 Å². The molecule has 0 aliphatic heterocycles. The zero-order valence-corrected chi connectivity index (χ0v) is 22.8. The number of hydrogen-bond acceptors (Lipinski definition) is 3. The Hall–Kier alpha value is -2.89. The van der Waals surface area contributed by atoms with Crippen LogP contribution in [0, 0.1) is 17.7 Å². The van der Waals surface area contributed by atoms with E-state index in [-0.39, 0.29) is 18.3 Å². The van der Waals surface area contributed by atoms with Crippen LogP contribution in [-0.2, 0) is 6.54 Å². The summed E-state index contributed by atoms with van der Waals surface area (Å²) in [6.07, 6.45) is 4.52. The highest BCUT2D eigenvalue weighted by Gasteiger charge is 2.28. The lowest BCUT2D eigenvalue weighted by Gasteiger charge is -2.32. The first kappa shape index (κ1) is 25.7. The molecule has 1 heterocycles. The zero-order valence-electron chi connectivity index (χ0n) is 21.3. The molecule has 3 aromatic carbocycles. The van der Waals surface area contributed by atoms with Crippen LogP contribution in [0.5, 0.6) is 0 Å². The smallest absolute Gasteiger partial charge is 0.265 e. The molecule has 0 bridgehead atoms. The van der Waals surface area contributed by atoms with E-state index in [0.29, 0.717) is 27.9 Å². The van der Waals surface area contributed by atoms with E-state index in [1.165, 1.54) is 30.2 Å². The van der Waals surface area contributed by atoms with E-state index in [0.717, 1.165) is 45.7 Å². The predicted molar refractivity (Wildman–Crippen MR) is 154 cm³/mol. The highest BCUT2D eigenvalue weighted by Crippen LogP contribution is 2.37. The first-order valence-corrected chi connectivity index (χ1v) is 14.1. The number of benzene rings is 3. The molecule has 1 aromatic heterocycles. The SMILES string of the molecule is CNc1ccc(-c2ccc(F)c(CN(CC3CCC(C)CC3)C(=O)c3sc4ccccc4c3Cl)c2)cc1. The molecule has 0 atom stereocenters. The van der Waals surface area contributed by atoms with Crippen molar-refractivity contribution in [2.75, 3.05) is 18.9 Å². The van der Waals surface area contributed by atoms with Gasteiger partial charge in [-0.3, -0.25) is 4.79 Å². The number of fused-ring (bicyclic) bond motifs is 1. The minimum atomic E-state index is -0.298. The highest BCUT2D eigenvalue weighted by molar-refractivity contribution is 7.21. The average molecular weight is 535 g/mol. The number of rotatable bonds is 7. The molecular weight excluding hydrogens is 503 g/mol. The molecule has 1 fully saturated rings. The molecule has 1 saturated carbocycles. The van der Waals surface area contributed by atoms with E-state index in [1.807, 2.05) is 66.5 Å². The van der Waals surface area contributed by atoms with Crippen molar-refractivity contribution in [3.05, 3.63) is 88.0 Å². The average Bonchev–Trinajstić information content (AvgIpc) is 3.26. The number of halogens is 2. The fourth-order valence-corrected chi connectivity index (χ4v) is 6.73. The third kappa shape index (κ3) is 5.68. The van der Waals surface area contributed by atoms with Crippen LogP contribution in [0.3, 0.4) is 0 Å². The number of thiophene rings is 1. The Bertz CT molecular complexity index is 1390. The van der Waals surface area contributed by atoms with Crippen LogP contribution in [0.1, 0.15) is 47.8 Å². The standard InChI is InChI=1S/C31H32ClFN2OS/c1-20-7-9-21(10-8-20)18-35(31(36)30-29(32)26-5-3-4-6-28(26)37-30)19-24-17-23(13-16-27(24)33)22-11-14-25(34-2)15-12-22/h3-6,11-17,20-21,34H,7-10,18-19H2,1-2H3. The van der Waals surface area contributed by atoms with Gasteiger partial charge in [0.2, 0.25) is 0 Å². The maximum absolute atomic E-state index is 15.1. The molecular formula is C31H32ClFN2OS. The number of nitrogens with zero attached hydrogens (tertiary/aromatic N) is 1. The Morgan fingerprint density at radius 2 is 1.73 bits per heavy atom. The quantitative estimate of drug-likeness (QED) is 0.257. The van der Waals surface area contributed by atoms with Crippen molar-refractivity contribution >= 4 is 44.6 Å². The maximum atomic E-state index is 15.1. The first-order valence-electron chi connectivity index (χ1n) is 13.0. The summed E-state index contributed by atoms with van der Waals surface area (Å²) in [6.45, 7) is 3.11. The van der Waals surface area contributed by atoms with Gasteiger partial charge < -0.3 is 10.2 Å². The van der Waals surface area contributed by atoms with Gasteiger partial charge in [-0.1, -0.05) is 67.8 Å². The predicted octanol–water partition coefficient (Wildman–Crippen LogP) is 8.87. The summed E-state index contributed by atoms with van der Waals surface area (Å²) >= 11 is 8.12. The van der Waals surface area contributed by atoms with Crippen molar-refractivity contribution in [1.29, 1.82) is 0 Å². The second kappa shape index (κ2) is 11.2. The van der Waals surface area contributed by atoms with Crippen LogP contribution in [-0.4, -0.2) is 24.4 Å². The number of hydrogen-bond donors (Lipinski definition) is 1. The Kier molecular flexibility index (Phi) is 7.82. The Balaban J connectivity index is 1.46. The van der Waals surface area contributed by atoms with Gasteiger partial charge in [0.1, 0.15) is 10.7 Å². The number of anilines is 1. The van der Waals surface area contributed by atoms with Gasteiger partial charge in [0.05, 0.1) is 5.02 Å². The van der Waals surface area contributed by atoms with Gasteiger partial charge in [-0.25, -0.2) is 4.39 Å². The molecule has 0 unspecified atom stereocenters. The molecule has 4 aromatic rings. The third-order valence-electron chi connectivity index (χ3n) is 7.54. The van der Waals surface area contributed by atoms with E-state index in [4.69, 9.17) is 11.6 Å². The Morgan fingerprint density at radius 3 is 2.43 bits per heavy atom. The summed E-state index contributed by atoms with van der Waals surface area (Å²) in [5.41, 5.74) is 3.47. The molecule has 1 amide bonds. The summed E-state index contributed by atoms with van der Waals surface area (Å²) < 4.78 is 16.1. The van der Waals surface area contributed by atoms with Gasteiger partial charge in [0.25, 0.3) is 5.91 Å². The van der Waals surface area contributed by atoms with Gasteiger partial charge in [0, 0.05) is 41.5 Å². The summed E-state index contributed by atoms with van der Waals surface area (Å²) in [7, 11) is 1.88. The number of carbonyl (C=O) groups excluding carboxylic acids is 1. The number of amides is 1. The lowest BCUT2D eigenvalue weighted by Crippen LogP contribution is -2.36. The van der Waals surface area contributed by atoms with Crippen molar-refractivity contribution in [1.82, 2.24) is 4.90 Å². The van der Waals surface area contributed by atoms with Crippen molar-refractivity contribution in [3.63, 3.8) is 0 Å². The van der Waals surface area contributed by atoms with E-state index in [1.54, 1.807) is 6.07 Å². The van der Waals surface area contributed by atoms with Crippen molar-refractivity contribution in [2.45, 2.75) is 39.2 Å². The van der Waals surface area contributed by atoms with Crippen LogP contribution in [0.15, 0.2) is 66.7 Å². The molecule has 1 aliphatic carbocycles. The normalized spacial score (nSPS) is 17.6. The minimum absolute atomic E-state index is 0.118. The third-order valence-corrected chi connectivity index (χ3v) is 9.21. The van der Waals surface area contributed by atoms with Crippen LogP contribution >= 0.6 is 22.9 Å². The van der Waals surface area contributed by atoms with Crippen LogP contribution < -0.4 is 5.32 Å². The molecule has 0 saturated heterocycles. The fraction of sp³-hybridized carbons (Fsp3) is 0.323. The van der Waals surface area contributed by atoms with Gasteiger partial charge >= 0.3 is 0 Å². The fourth-order valence-electron chi connectivity index (χ4n) is 5.25. The second-order valence-corrected chi connectivity index (χ2v) is 11.6. The summed E-state index contributed by atoms with van der Waals surface area (Å²) in [5.74, 6) is 0.718. The van der Waals surface area contributed by atoms with Crippen molar-refractivity contribution in [2.24, 2.45) is 11.8 Å². The summed E-state index contributed by atoms with van der Waals surface area (Å²) in [4.78, 5) is 16.3. The lowest BCUT2D eigenvalue weighted by atomic mass is 9.82. The maximum Gasteiger partial charge on any atom is 0.265 e. The Labute approximate surface area is 227 Å². The number of carbonyl (C=O) groups is 1. The molecule has 0 radical (unpaired) electrons. The molecule has 0 spiro atoms. The van der Waals surface area contributed by atoms with Gasteiger partial charge in [-0.2, -0.15) is 0 Å².